The molecular weight excluding hydrogens is 210 g/mol. The third kappa shape index (κ3) is 3.10. The molecule has 13 heavy (non-hydrogen) atoms. The molecule has 0 spiro atoms. The van der Waals surface area contributed by atoms with Crippen molar-refractivity contribution in [2.45, 2.75) is 19.4 Å². The van der Waals surface area contributed by atoms with Crippen molar-refractivity contribution in [2.75, 3.05) is 19.0 Å². The minimum Gasteiger partial charge on any atom is -0.383 e. The molecule has 1 rings (SSSR count). The van der Waals surface area contributed by atoms with Crippen molar-refractivity contribution >= 4 is 29.1 Å². The highest BCUT2D eigenvalue weighted by molar-refractivity contribution is 6.99. The van der Waals surface area contributed by atoms with E-state index in [-0.39, 0.29) is 6.04 Å². The molecule has 0 aliphatic rings. The Bertz CT molecular complexity index is 256. The number of rotatable bonds is 5. The second-order valence-electron chi connectivity index (χ2n) is 2.61. The van der Waals surface area contributed by atoms with Gasteiger partial charge in [0.25, 0.3) is 0 Å². The molecule has 0 bridgehead atoms. The minimum atomic E-state index is 0.242. The van der Waals surface area contributed by atoms with E-state index in [1.165, 1.54) is 0 Å². The van der Waals surface area contributed by atoms with E-state index in [4.69, 9.17) is 16.3 Å². The van der Waals surface area contributed by atoms with Crippen LogP contribution in [-0.2, 0) is 4.74 Å². The van der Waals surface area contributed by atoms with Crippen LogP contribution < -0.4 is 5.32 Å². The molecule has 0 fully saturated rings. The second-order valence-corrected chi connectivity index (χ2v) is 3.49. The van der Waals surface area contributed by atoms with Gasteiger partial charge in [-0.1, -0.05) is 18.5 Å². The van der Waals surface area contributed by atoms with Gasteiger partial charge in [0.15, 0.2) is 11.0 Å². The van der Waals surface area contributed by atoms with E-state index in [9.17, 15) is 0 Å². The lowest BCUT2D eigenvalue weighted by Gasteiger charge is -2.14. The first-order valence-corrected chi connectivity index (χ1v) is 5.12. The summed E-state index contributed by atoms with van der Waals surface area (Å²) in [5, 5.41) is 3.59. The summed E-state index contributed by atoms with van der Waals surface area (Å²) in [6, 6.07) is 0.242. The Kier molecular flexibility index (Phi) is 4.41. The van der Waals surface area contributed by atoms with Gasteiger partial charge in [0.1, 0.15) is 0 Å². The molecule has 0 saturated heterocycles. The number of anilines is 1. The number of halogens is 1. The van der Waals surface area contributed by atoms with E-state index in [0.717, 1.165) is 18.1 Å². The number of nitrogens with zero attached hydrogens (tertiary/aromatic N) is 2. The molecule has 1 heterocycles. The van der Waals surface area contributed by atoms with Gasteiger partial charge in [-0.05, 0) is 6.42 Å². The van der Waals surface area contributed by atoms with Crippen LogP contribution in [0.15, 0.2) is 0 Å². The number of hydrogen-bond donors (Lipinski definition) is 1. The van der Waals surface area contributed by atoms with Gasteiger partial charge in [-0.2, -0.15) is 8.75 Å². The van der Waals surface area contributed by atoms with Crippen molar-refractivity contribution in [1.29, 1.82) is 0 Å². The minimum absolute atomic E-state index is 0.242. The highest BCUT2D eigenvalue weighted by atomic mass is 35.5. The van der Waals surface area contributed by atoms with Crippen LogP contribution in [0.2, 0.25) is 5.15 Å². The van der Waals surface area contributed by atoms with Gasteiger partial charge in [-0.3, -0.25) is 0 Å². The predicted octanol–water partition coefficient (Wildman–Crippen LogP) is 2.03. The molecule has 0 aliphatic carbocycles. The van der Waals surface area contributed by atoms with Crippen LogP contribution in [0.3, 0.4) is 0 Å². The van der Waals surface area contributed by atoms with E-state index < -0.39 is 0 Å². The van der Waals surface area contributed by atoms with Crippen molar-refractivity contribution in [3.8, 4) is 0 Å². The zero-order chi connectivity index (χ0) is 9.68. The second kappa shape index (κ2) is 5.36. The maximum atomic E-state index is 5.77. The lowest BCUT2D eigenvalue weighted by atomic mass is 10.2. The monoisotopic (exact) mass is 221 g/mol. The fourth-order valence-corrected chi connectivity index (χ4v) is 1.58. The number of hydrogen-bond acceptors (Lipinski definition) is 5. The van der Waals surface area contributed by atoms with Crippen LogP contribution in [-0.4, -0.2) is 28.5 Å². The molecule has 0 saturated carbocycles. The third-order valence-electron chi connectivity index (χ3n) is 1.65. The van der Waals surface area contributed by atoms with Gasteiger partial charge >= 0.3 is 0 Å². The zero-order valence-electron chi connectivity index (χ0n) is 7.58. The van der Waals surface area contributed by atoms with Crippen molar-refractivity contribution in [2.24, 2.45) is 0 Å². The summed E-state index contributed by atoms with van der Waals surface area (Å²) < 4.78 is 12.9. The Morgan fingerprint density at radius 3 is 2.85 bits per heavy atom. The summed E-state index contributed by atoms with van der Waals surface area (Å²) in [5.41, 5.74) is 0. The first-order chi connectivity index (χ1) is 6.27. The average molecular weight is 222 g/mol. The number of ether oxygens (including phenoxy) is 1. The quantitative estimate of drug-likeness (QED) is 0.827. The van der Waals surface area contributed by atoms with Crippen molar-refractivity contribution < 1.29 is 4.74 Å². The molecule has 1 unspecified atom stereocenters. The molecular formula is C7H12ClN3OS. The van der Waals surface area contributed by atoms with Crippen LogP contribution in [0.1, 0.15) is 13.3 Å². The average Bonchev–Trinajstić information content (AvgIpc) is 2.51. The summed E-state index contributed by atoms with van der Waals surface area (Å²) in [4.78, 5) is 0. The Labute approximate surface area is 86.6 Å². The molecule has 1 N–H and O–H groups in total. The first-order valence-electron chi connectivity index (χ1n) is 4.01. The van der Waals surface area contributed by atoms with Gasteiger partial charge < -0.3 is 10.1 Å². The van der Waals surface area contributed by atoms with Crippen molar-refractivity contribution in [3.63, 3.8) is 0 Å². The third-order valence-corrected chi connectivity index (χ3v) is 2.54. The SMILES string of the molecule is CCC(COC)Nc1nsnc1Cl. The largest absolute Gasteiger partial charge is 0.383 e. The van der Waals surface area contributed by atoms with Crippen molar-refractivity contribution in [1.82, 2.24) is 8.75 Å². The van der Waals surface area contributed by atoms with Crippen LogP contribution in [0.4, 0.5) is 5.82 Å². The molecule has 4 nitrogen and oxygen atoms in total. The first kappa shape index (κ1) is 10.7. The molecule has 0 amide bonds. The Hall–Kier alpha value is -0.390. The molecule has 0 aliphatic heterocycles. The van der Waals surface area contributed by atoms with E-state index in [0.29, 0.717) is 17.6 Å². The van der Waals surface area contributed by atoms with E-state index in [2.05, 4.69) is 21.0 Å². The fourth-order valence-electron chi connectivity index (χ4n) is 0.920. The summed E-state index contributed by atoms with van der Waals surface area (Å²) in [7, 11) is 1.67. The van der Waals surface area contributed by atoms with Gasteiger partial charge in [0.05, 0.1) is 24.4 Å². The Morgan fingerprint density at radius 1 is 1.62 bits per heavy atom. The summed E-state index contributed by atoms with van der Waals surface area (Å²) in [6.45, 7) is 2.72. The molecule has 0 aromatic carbocycles. The smallest absolute Gasteiger partial charge is 0.186 e. The van der Waals surface area contributed by atoms with Gasteiger partial charge in [-0.25, -0.2) is 0 Å². The number of nitrogens with one attached hydrogen (secondary N) is 1. The molecule has 1 atom stereocenters. The molecule has 74 valence electrons. The normalized spacial score (nSPS) is 12.8. The highest BCUT2D eigenvalue weighted by Gasteiger charge is 2.10. The zero-order valence-corrected chi connectivity index (χ0v) is 9.15. The van der Waals surface area contributed by atoms with Crippen LogP contribution in [0.25, 0.3) is 0 Å². The fraction of sp³-hybridized carbons (Fsp3) is 0.714. The lowest BCUT2D eigenvalue weighted by Crippen LogP contribution is -2.24. The Balaban J connectivity index is 2.51. The molecule has 1 aromatic heterocycles. The molecule has 6 heteroatoms. The van der Waals surface area contributed by atoms with Crippen molar-refractivity contribution in [3.05, 3.63) is 5.15 Å². The van der Waals surface area contributed by atoms with Crippen LogP contribution in [0, 0.1) is 0 Å². The Morgan fingerprint density at radius 2 is 2.38 bits per heavy atom. The predicted molar refractivity (Wildman–Crippen MR) is 54.5 cm³/mol. The van der Waals surface area contributed by atoms with Gasteiger partial charge in [0.2, 0.25) is 0 Å². The van der Waals surface area contributed by atoms with Gasteiger partial charge in [0, 0.05) is 7.11 Å². The van der Waals surface area contributed by atoms with Gasteiger partial charge in [-0.15, -0.1) is 0 Å². The summed E-state index contributed by atoms with van der Waals surface area (Å²) >= 11 is 6.88. The lowest BCUT2D eigenvalue weighted by molar-refractivity contribution is 0.184. The summed E-state index contributed by atoms with van der Waals surface area (Å²) in [6.07, 6.45) is 0.960. The maximum Gasteiger partial charge on any atom is 0.186 e. The molecule has 1 aromatic rings. The maximum absolute atomic E-state index is 5.77. The van der Waals surface area contributed by atoms with E-state index >= 15 is 0 Å². The number of aromatic nitrogens is 2. The van der Waals surface area contributed by atoms with Crippen LogP contribution >= 0.6 is 23.3 Å². The summed E-state index contributed by atoms with van der Waals surface area (Å²) in [5.74, 6) is 0.649. The highest BCUT2D eigenvalue weighted by Crippen LogP contribution is 2.19. The van der Waals surface area contributed by atoms with Crippen LogP contribution in [0.5, 0.6) is 0 Å². The number of methoxy groups -OCH3 is 1. The molecule has 0 radical (unpaired) electrons. The standard InChI is InChI=1S/C7H12ClN3OS/c1-3-5(4-12-2)9-7-6(8)10-13-11-7/h5H,3-4H2,1-2H3,(H,9,11). The van der Waals surface area contributed by atoms with E-state index in [1.807, 2.05) is 0 Å². The van der Waals surface area contributed by atoms with E-state index in [1.54, 1.807) is 7.11 Å². The topological polar surface area (TPSA) is 47.0 Å².